The fourth-order valence-electron chi connectivity index (χ4n) is 2.69. The first-order valence-electron chi connectivity index (χ1n) is 7.90. The largest absolute Gasteiger partial charge is 0.352 e. The first kappa shape index (κ1) is 15.3. The number of aryl methyl sites for hydroxylation is 1. The average molecular weight is 312 g/mol. The van der Waals surface area contributed by atoms with E-state index in [0.29, 0.717) is 18.5 Å². The fraction of sp³-hybridized carbons (Fsp3) is 0.353. The molecule has 0 atom stereocenters. The van der Waals surface area contributed by atoms with Crippen LogP contribution in [0.5, 0.6) is 0 Å². The molecular formula is C17H20N4O2. The summed E-state index contributed by atoms with van der Waals surface area (Å²) in [7, 11) is 0. The minimum atomic E-state index is -0.0928. The predicted octanol–water partition coefficient (Wildman–Crippen LogP) is 1.83. The summed E-state index contributed by atoms with van der Waals surface area (Å²) in [4.78, 5) is 25.6. The highest BCUT2D eigenvalue weighted by molar-refractivity contribution is 5.97. The Morgan fingerprint density at radius 2 is 2.09 bits per heavy atom. The van der Waals surface area contributed by atoms with Crippen molar-refractivity contribution in [3.63, 3.8) is 0 Å². The minimum Gasteiger partial charge on any atom is -0.352 e. The van der Waals surface area contributed by atoms with Crippen molar-refractivity contribution in [3.05, 3.63) is 48.3 Å². The number of nitrogens with zero attached hydrogens (tertiary/aromatic N) is 3. The van der Waals surface area contributed by atoms with Crippen LogP contribution >= 0.6 is 0 Å². The van der Waals surface area contributed by atoms with Crippen LogP contribution in [-0.4, -0.2) is 34.7 Å². The Bertz CT molecular complexity index is 664. The molecule has 2 heterocycles. The van der Waals surface area contributed by atoms with Gasteiger partial charge in [-0.25, -0.2) is 0 Å². The number of rotatable bonds is 6. The van der Waals surface area contributed by atoms with Crippen LogP contribution in [0.15, 0.2) is 42.7 Å². The predicted molar refractivity (Wildman–Crippen MR) is 87.2 cm³/mol. The smallest absolute Gasteiger partial charge is 0.251 e. The molecule has 1 fully saturated rings. The molecule has 0 saturated carbocycles. The lowest BCUT2D eigenvalue weighted by atomic mass is 10.2. The molecule has 0 aliphatic carbocycles. The summed E-state index contributed by atoms with van der Waals surface area (Å²) in [5, 5.41) is 7.01. The van der Waals surface area contributed by atoms with Gasteiger partial charge < -0.3 is 10.2 Å². The third kappa shape index (κ3) is 3.77. The second kappa shape index (κ2) is 7.09. The number of carbonyl (C=O) groups excluding carboxylic acids is 2. The topological polar surface area (TPSA) is 67.2 Å². The Hall–Kier alpha value is -2.63. The summed E-state index contributed by atoms with van der Waals surface area (Å²) < 4.78 is 1.84. The van der Waals surface area contributed by atoms with Gasteiger partial charge in [-0.3, -0.25) is 14.3 Å². The molecule has 1 aliphatic heterocycles. The molecule has 23 heavy (non-hydrogen) atoms. The Morgan fingerprint density at radius 3 is 2.74 bits per heavy atom. The van der Waals surface area contributed by atoms with E-state index in [1.54, 1.807) is 23.2 Å². The molecule has 0 unspecified atom stereocenters. The summed E-state index contributed by atoms with van der Waals surface area (Å²) >= 11 is 0. The highest BCUT2D eigenvalue weighted by atomic mass is 16.2. The standard InChI is InChI=1S/C17H20N4O2/c22-16-4-1-13-21(16)15-7-5-14(6-8-15)17(23)18-9-2-11-20-12-3-10-19-20/h3,5-8,10,12H,1-2,4,9,11,13H2,(H,18,23). The SMILES string of the molecule is O=C(NCCCn1cccn1)c1ccc(N2CCCC2=O)cc1. The normalized spacial score (nSPS) is 14.3. The maximum absolute atomic E-state index is 12.1. The molecule has 1 aromatic carbocycles. The Balaban J connectivity index is 1.48. The third-order valence-corrected chi connectivity index (χ3v) is 3.92. The Labute approximate surface area is 135 Å². The van der Waals surface area contributed by atoms with Crippen molar-refractivity contribution in [1.82, 2.24) is 15.1 Å². The first-order chi connectivity index (χ1) is 11.2. The molecule has 6 nitrogen and oxygen atoms in total. The van der Waals surface area contributed by atoms with Crippen molar-refractivity contribution >= 4 is 17.5 Å². The van der Waals surface area contributed by atoms with Crippen LogP contribution in [0.3, 0.4) is 0 Å². The van der Waals surface area contributed by atoms with Gasteiger partial charge in [0.1, 0.15) is 0 Å². The summed E-state index contributed by atoms with van der Waals surface area (Å²) in [6.07, 6.45) is 5.98. The Morgan fingerprint density at radius 1 is 1.26 bits per heavy atom. The number of anilines is 1. The van der Waals surface area contributed by atoms with Crippen LogP contribution in [-0.2, 0) is 11.3 Å². The zero-order valence-electron chi connectivity index (χ0n) is 12.9. The number of carbonyl (C=O) groups is 2. The summed E-state index contributed by atoms with van der Waals surface area (Å²) in [5.74, 6) is 0.0607. The van der Waals surface area contributed by atoms with E-state index < -0.39 is 0 Å². The van der Waals surface area contributed by atoms with Crippen molar-refractivity contribution in [2.45, 2.75) is 25.8 Å². The second-order valence-corrected chi connectivity index (χ2v) is 5.57. The number of aromatic nitrogens is 2. The first-order valence-corrected chi connectivity index (χ1v) is 7.90. The van der Waals surface area contributed by atoms with Crippen LogP contribution in [0.1, 0.15) is 29.6 Å². The van der Waals surface area contributed by atoms with E-state index in [-0.39, 0.29) is 11.8 Å². The maximum Gasteiger partial charge on any atom is 0.251 e. The van der Waals surface area contributed by atoms with E-state index in [0.717, 1.165) is 31.6 Å². The number of benzene rings is 1. The van der Waals surface area contributed by atoms with Gasteiger partial charge in [-0.2, -0.15) is 5.10 Å². The molecular weight excluding hydrogens is 292 g/mol. The van der Waals surface area contributed by atoms with Crippen LogP contribution in [0.25, 0.3) is 0 Å². The van der Waals surface area contributed by atoms with Gasteiger partial charge >= 0.3 is 0 Å². The van der Waals surface area contributed by atoms with Gasteiger partial charge in [-0.15, -0.1) is 0 Å². The number of amides is 2. The zero-order valence-corrected chi connectivity index (χ0v) is 12.9. The van der Waals surface area contributed by atoms with Crippen LogP contribution < -0.4 is 10.2 Å². The van der Waals surface area contributed by atoms with Gasteiger partial charge in [0, 0.05) is 49.7 Å². The fourth-order valence-corrected chi connectivity index (χ4v) is 2.69. The van der Waals surface area contributed by atoms with Gasteiger partial charge in [-0.05, 0) is 43.2 Å². The number of hydrogen-bond donors (Lipinski definition) is 1. The molecule has 3 rings (SSSR count). The average Bonchev–Trinajstić information content (AvgIpc) is 3.23. The molecule has 0 radical (unpaired) electrons. The van der Waals surface area contributed by atoms with Gasteiger partial charge in [0.15, 0.2) is 0 Å². The van der Waals surface area contributed by atoms with Crippen LogP contribution in [0, 0.1) is 0 Å². The molecule has 1 saturated heterocycles. The molecule has 0 spiro atoms. The lowest BCUT2D eigenvalue weighted by Gasteiger charge is -2.15. The van der Waals surface area contributed by atoms with Crippen LogP contribution in [0.4, 0.5) is 5.69 Å². The molecule has 2 aromatic rings. The molecule has 1 N–H and O–H groups in total. The third-order valence-electron chi connectivity index (χ3n) is 3.92. The highest BCUT2D eigenvalue weighted by Gasteiger charge is 2.21. The van der Waals surface area contributed by atoms with Gasteiger partial charge in [0.25, 0.3) is 5.91 Å². The molecule has 2 amide bonds. The summed E-state index contributed by atoms with van der Waals surface area (Å²) in [6.45, 7) is 2.14. The molecule has 120 valence electrons. The lowest BCUT2D eigenvalue weighted by molar-refractivity contribution is -0.117. The second-order valence-electron chi connectivity index (χ2n) is 5.57. The van der Waals surface area contributed by atoms with E-state index in [1.165, 1.54) is 0 Å². The summed E-state index contributed by atoms with van der Waals surface area (Å²) in [6, 6.07) is 9.09. The quantitative estimate of drug-likeness (QED) is 0.828. The van der Waals surface area contributed by atoms with Gasteiger partial charge in [0.2, 0.25) is 5.91 Å². The number of hydrogen-bond acceptors (Lipinski definition) is 3. The highest BCUT2D eigenvalue weighted by Crippen LogP contribution is 2.21. The molecule has 1 aromatic heterocycles. The molecule has 1 aliphatic rings. The van der Waals surface area contributed by atoms with E-state index in [9.17, 15) is 9.59 Å². The van der Waals surface area contributed by atoms with E-state index in [4.69, 9.17) is 0 Å². The van der Waals surface area contributed by atoms with Crippen molar-refractivity contribution in [2.75, 3.05) is 18.0 Å². The van der Waals surface area contributed by atoms with E-state index in [2.05, 4.69) is 10.4 Å². The van der Waals surface area contributed by atoms with Crippen molar-refractivity contribution in [3.8, 4) is 0 Å². The lowest BCUT2D eigenvalue weighted by Crippen LogP contribution is -2.26. The van der Waals surface area contributed by atoms with Crippen molar-refractivity contribution < 1.29 is 9.59 Å². The minimum absolute atomic E-state index is 0.0928. The van der Waals surface area contributed by atoms with Crippen molar-refractivity contribution in [2.24, 2.45) is 0 Å². The van der Waals surface area contributed by atoms with Crippen molar-refractivity contribution in [1.29, 1.82) is 0 Å². The monoisotopic (exact) mass is 312 g/mol. The van der Waals surface area contributed by atoms with E-state index in [1.807, 2.05) is 29.1 Å². The van der Waals surface area contributed by atoms with E-state index >= 15 is 0 Å². The maximum atomic E-state index is 12.1. The van der Waals surface area contributed by atoms with Crippen LogP contribution in [0.2, 0.25) is 0 Å². The molecule has 6 heteroatoms. The molecule has 0 bridgehead atoms. The Kier molecular flexibility index (Phi) is 4.71. The zero-order chi connectivity index (χ0) is 16.1. The number of nitrogens with one attached hydrogen (secondary N) is 1. The van der Waals surface area contributed by atoms with Gasteiger partial charge in [-0.1, -0.05) is 0 Å². The summed E-state index contributed by atoms with van der Waals surface area (Å²) in [5.41, 5.74) is 1.47. The van der Waals surface area contributed by atoms with Gasteiger partial charge in [0.05, 0.1) is 0 Å².